The van der Waals surface area contributed by atoms with E-state index in [1.54, 1.807) is 6.07 Å². The molecule has 1 aromatic rings. The van der Waals surface area contributed by atoms with Crippen molar-refractivity contribution in [3.05, 3.63) is 29.0 Å². The molecule has 0 bridgehead atoms. The summed E-state index contributed by atoms with van der Waals surface area (Å²) in [6.45, 7) is 2.49. The summed E-state index contributed by atoms with van der Waals surface area (Å²) < 4.78 is 0. The summed E-state index contributed by atoms with van der Waals surface area (Å²) in [6, 6.07) is 3.02. The second-order valence-electron chi connectivity index (χ2n) is 3.39. The third-order valence-electron chi connectivity index (χ3n) is 1.94. The van der Waals surface area contributed by atoms with Gasteiger partial charge in [-0.3, -0.25) is 14.6 Å². The number of hydrogen-bond acceptors (Lipinski definition) is 3. The van der Waals surface area contributed by atoms with Crippen LogP contribution in [0.2, 0.25) is 5.02 Å². The highest BCUT2D eigenvalue weighted by Gasteiger charge is 2.08. The number of nitrogens with zero attached hydrogens (tertiary/aromatic N) is 1. The molecule has 5 nitrogen and oxygen atoms in total. The Morgan fingerprint density at radius 2 is 2.18 bits per heavy atom. The van der Waals surface area contributed by atoms with Crippen LogP contribution < -0.4 is 10.6 Å². The molecular formula is C11H14ClN3O2. The first kappa shape index (κ1) is 13.4. The van der Waals surface area contributed by atoms with Crippen LogP contribution in [0.15, 0.2) is 18.3 Å². The number of carbonyl (C=O) groups is 2. The Morgan fingerprint density at radius 1 is 1.41 bits per heavy atom. The minimum atomic E-state index is -0.417. The van der Waals surface area contributed by atoms with E-state index < -0.39 is 5.91 Å². The van der Waals surface area contributed by atoms with Crippen molar-refractivity contribution < 1.29 is 9.59 Å². The molecule has 0 fully saturated rings. The van der Waals surface area contributed by atoms with Gasteiger partial charge in [-0.15, -0.1) is 0 Å². The maximum atomic E-state index is 11.6. The van der Waals surface area contributed by atoms with Crippen LogP contribution >= 0.6 is 11.6 Å². The molecule has 0 atom stereocenters. The first-order chi connectivity index (χ1) is 8.13. The number of amides is 2. The number of aromatic nitrogens is 1. The van der Waals surface area contributed by atoms with Crippen molar-refractivity contribution in [2.24, 2.45) is 0 Å². The summed E-state index contributed by atoms with van der Waals surface area (Å²) in [5.41, 5.74) is 0.195. The van der Waals surface area contributed by atoms with Gasteiger partial charge in [0, 0.05) is 17.8 Å². The van der Waals surface area contributed by atoms with Crippen molar-refractivity contribution in [3.63, 3.8) is 0 Å². The fraction of sp³-hybridized carbons (Fsp3) is 0.364. The normalized spacial score (nSPS) is 9.76. The summed E-state index contributed by atoms with van der Waals surface area (Å²) in [7, 11) is 0. The second kappa shape index (κ2) is 6.85. The van der Waals surface area contributed by atoms with Gasteiger partial charge in [-0.1, -0.05) is 18.5 Å². The Bertz CT molecular complexity index is 409. The Morgan fingerprint density at radius 3 is 2.82 bits per heavy atom. The van der Waals surface area contributed by atoms with Crippen molar-refractivity contribution in [1.29, 1.82) is 0 Å². The zero-order valence-corrected chi connectivity index (χ0v) is 10.3. The summed E-state index contributed by atoms with van der Waals surface area (Å²) >= 11 is 5.72. The smallest absolute Gasteiger partial charge is 0.270 e. The van der Waals surface area contributed by atoms with Gasteiger partial charge in [0.1, 0.15) is 5.69 Å². The molecule has 0 spiro atoms. The average molecular weight is 256 g/mol. The van der Waals surface area contributed by atoms with Crippen LogP contribution in [0.5, 0.6) is 0 Å². The molecule has 1 rings (SSSR count). The molecular weight excluding hydrogens is 242 g/mol. The molecule has 17 heavy (non-hydrogen) atoms. The van der Waals surface area contributed by atoms with E-state index >= 15 is 0 Å². The van der Waals surface area contributed by atoms with E-state index in [2.05, 4.69) is 15.6 Å². The van der Waals surface area contributed by atoms with Crippen LogP contribution in [0.4, 0.5) is 0 Å². The van der Waals surface area contributed by atoms with Gasteiger partial charge >= 0.3 is 0 Å². The van der Waals surface area contributed by atoms with Gasteiger partial charge < -0.3 is 10.6 Å². The summed E-state index contributed by atoms with van der Waals surface area (Å²) in [4.78, 5) is 26.6. The highest BCUT2D eigenvalue weighted by atomic mass is 35.5. The van der Waals surface area contributed by atoms with E-state index in [1.165, 1.54) is 12.3 Å². The van der Waals surface area contributed by atoms with E-state index in [9.17, 15) is 9.59 Å². The van der Waals surface area contributed by atoms with E-state index in [0.717, 1.165) is 6.42 Å². The van der Waals surface area contributed by atoms with Crippen molar-refractivity contribution in [1.82, 2.24) is 15.6 Å². The highest BCUT2D eigenvalue weighted by Crippen LogP contribution is 2.07. The molecule has 0 aliphatic carbocycles. The molecule has 0 radical (unpaired) electrons. The molecule has 0 saturated carbocycles. The van der Waals surface area contributed by atoms with Crippen molar-refractivity contribution >= 4 is 23.4 Å². The molecule has 6 heteroatoms. The van der Waals surface area contributed by atoms with Crippen LogP contribution in [0.25, 0.3) is 0 Å². The molecule has 0 aliphatic heterocycles. The maximum absolute atomic E-state index is 11.6. The van der Waals surface area contributed by atoms with Crippen LogP contribution in [0.1, 0.15) is 23.8 Å². The fourth-order valence-electron chi connectivity index (χ4n) is 1.11. The molecule has 92 valence electrons. The standard InChI is InChI=1S/C11H14ClN3O2/c1-2-4-14-10(16)7-15-11(17)9-6-8(12)3-5-13-9/h3,5-6H,2,4,7H2,1H3,(H,14,16)(H,15,17). The van der Waals surface area contributed by atoms with Gasteiger partial charge in [-0.05, 0) is 18.6 Å². The Kier molecular flexibility index (Phi) is 5.42. The van der Waals surface area contributed by atoms with Gasteiger partial charge in [0.2, 0.25) is 5.91 Å². The molecule has 1 aromatic heterocycles. The Balaban J connectivity index is 2.42. The summed E-state index contributed by atoms with van der Waals surface area (Å²) in [5.74, 6) is -0.638. The Labute approximate surface area is 105 Å². The second-order valence-corrected chi connectivity index (χ2v) is 3.83. The quantitative estimate of drug-likeness (QED) is 0.824. The molecule has 0 aromatic carbocycles. The third kappa shape index (κ3) is 4.82. The van der Waals surface area contributed by atoms with Crippen molar-refractivity contribution in [2.75, 3.05) is 13.1 Å². The van der Waals surface area contributed by atoms with Crippen LogP contribution in [0.3, 0.4) is 0 Å². The number of carbonyl (C=O) groups excluding carboxylic acids is 2. The summed E-state index contributed by atoms with van der Waals surface area (Å²) in [5, 5.41) is 5.54. The van der Waals surface area contributed by atoms with E-state index in [0.29, 0.717) is 11.6 Å². The largest absolute Gasteiger partial charge is 0.355 e. The van der Waals surface area contributed by atoms with E-state index in [4.69, 9.17) is 11.6 Å². The minimum Gasteiger partial charge on any atom is -0.355 e. The van der Waals surface area contributed by atoms with Gasteiger partial charge in [0.05, 0.1) is 6.54 Å². The van der Waals surface area contributed by atoms with Crippen molar-refractivity contribution in [2.45, 2.75) is 13.3 Å². The molecule has 0 aliphatic rings. The van der Waals surface area contributed by atoms with Crippen molar-refractivity contribution in [3.8, 4) is 0 Å². The predicted molar refractivity (Wildman–Crippen MR) is 64.9 cm³/mol. The van der Waals surface area contributed by atoms with Crippen LogP contribution in [0, 0.1) is 0 Å². The fourth-order valence-corrected chi connectivity index (χ4v) is 1.27. The Hall–Kier alpha value is -1.62. The molecule has 2 N–H and O–H groups in total. The molecule has 1 heterocycles. The molecule has 0 saturated heterocycles. The lowest BCUT2D eigenvalue weighted by atomic mass is 10.3. The van der Waals surface area contributed by atoms with Crippen LogP contribution in [-0.4, -0.2) is 29.9 Å². The van der Waals surface area contributed by atoms with Gasteiger partial charge in [0.15, 0.2) is 0 Å². The number of pyridine rings is 1. The molecule has 2 amide bonds. The minimum absolute atomic E-state index is 0.0625. The maximum Gasteiger partial charge on any atom is 0.270 e. The van der Waals surface area contributed by atoms with Gasteiger partial charge in [-0.2, -0.15) is 0 Å². The lowest BCUT2D eigenvalue weighted by Crippen LogP contribution is -2.37. The zero-order valence-electron chi connectivity index (χ0n) is 9.50. The number of hydrogen-bond donors (Lipinski definition) is 2. The van der Waals surface area contributed by atoms with E-state index in [-0.39, 0.29) is 18.1 Å². The monoisotopic (exact) mass is 255 g/mol. The van der Waals surface area contributed by atoms with Crippen LogP contribution in [-0.2, 0) is 4.79 Å². The van der Waals surface area contributed by atoms with E-state index in [1.807, 2.05) is 6.92 Å². The highest BCUT2D eigenvalue weighted by molar-refractivity contribution is 6.30. The average Bonchev–Trinajstić information content (AvgIpc) is 2.33. The lowest BCUT2D eigenvalue weighted by Gasteiger charge is -2.05. The predicted octanol–water partition coefficient (Wildman–Crippen LogP) is 0.991. The summed E-state index contributed by atoms with van der Waals surface area (Å²) in [6.07, 6.45) is 2.30. The first-order valence-corrected chi connectivity index (χ1v) is 5.67. The van der Waals surface area contributed by atoms with Gasteiger partial charge in [0.25, 0.3) is 5.91 Å². The third-order valence-corrected chi connectivity index (χ3v) is 2.17. The molecule has 0 unspecified atom stereocenters. The topological polar surface area (TPSA) is 71.1 Å². The SMILES string of the molecule is CCCNC(=O)CNC(=O)c1cc(Cl)ccn1. The number of nitrogens with one attached hydrogen (secondary N) is 2. The van der Waals surface area contributed by atoms with Gasteiger partial charge in [-0.25, -0.2) is 0 Å². The number of rotatable bonds is 5. The zero-order chi connectivity index (χ0) is 12.7. The first-order valence-electron chi connectivity index (χ1n) is 5.30. The number of halogens is 1. The lowest BCUT2D eigenvalue weighted by molar-refractivity contribution is -0.120.